The summed E-state index contributed by atoms with van der Waals surface area (Å²) in [5.74, 6) is -1.87. The first-order valence-electron chi connectivity index (χ1n) is 8.80. The van der Waals surface area contributed by atoms with Crippen LogP contribution in [0.5, 0.6) is 11.5 Å². The number of ether oxygens (including phenoxy) is 1. The number of halogens is 1. The summed E-state index contributed by atoms with van der Waals surface area (Å²) in [5, 5.41) is 9.97. The van der Waals surface area contributed by atoms with Gasteiger partial charge >= 0.3 is 0 Å². The van der Waals surface area contributed by atoms with Crippen molar-refractivity contribution in [2.24, 2.45) is 5.92 Å². The molecule has 162 valence electrons. The van der Waals surface area contributed by atoms with Crippen molar-refractivity contribution in [2.45, 2.75) is 24.8 Å². The summed E-state index contributed by atoms with van der Waals surface area (Å²) in [7, 11) is -2.56. The highest BCUT2D eigenvalue weighted by molar-refractivity contribution is 7.89. The maximum absolute atomic E-state index is 12.6. The molecule has 0 aliphatic heterocycles. The Balaban J connectivity index is 2.10. The van der Waals surface area contributed by atoms with Crippen molar-refractivity contribution in [1.29, 1.82) is 0 Å². The van der Waals surface area contributed by atoms with E-state index < -0.39 is 33.8 Å². The molecule has 0 aliphatic carbocycles. The number of methoxy groups -OCH3 is 1. The van der Waals surface area contributed by atoms with Crippen LogP contribution in [-0.2, 0) is 14.8 Å². The van der Waals surface area contributed by atoms with Crippen molar-refractivity contribution >= 4 is 33.4 Å². The predicted octanol–water partition coefficient (Wildman–Crippen LogP) is 1.82. The van der Waals surface area contributed by atoms with E-state index in [1.165, 1.54) is 49.6 Å². The Morgan fingerprint density at radius 1 is 1.07 bits per heavy atom. The van der Waals surface area contributed by atoms with E-state index in [2.05, 4.69) is 15.6 Å². The van der Waals surface area contributed by atoms with E-state index in [-0.39, 0.29) is 21.2 Å². The molecule has 0 fully saturated rings. The smallest absolute Gasteiger partial charge is 0.273 e. The lowest BCUT2D eigenvalue weighted by Gasteiger charge is -2.22. The third-order valence-corrected chi connectivity index (χ3v) is 5.80. The minimum atomic E-state index is -4.01. The van der Waals surface area contributed by atoms with Gasteiger partial charge in [0.25, 0.3) is 11.8 Å². The quantitative estimate of drug-likeness (QED) is 0.470. The number of carbonyl (C=O) groups excluding carboxylic acids is 2. The van der Waals surface area contributed by atoms with Crippen molar-refractivity contribution in [3.63, 3.8) is 0 Å². The molecule has 2 aromatic carbocycles. The highest BCUT2D eigenvalue weighted by Crippen LogP contribution is 2.21. The monoisotopic (exact) mass is 455 g/mol. The van der Waals surface area contributed by atoms with Crippen LogP contribution < -0.4 is 20.3 Å². The fourth-order valence-electron chi connectivity index (χ4n) is 2.44. The number of aromatic hydroxyl groups is 1. The summed E-state index contributed by atoms with van der Waals surface area (Å²) >= 11 is 5.80. The lowest BCUT2D eigenvalue weighted by molar-refractivity contribution is -0.124. The predicted molar refractivity (Wildman–Crippen MR) is 111 cm³/mol. The highest BCUT2D eigenvalue weighted by atomic mass is 35.5. The van der Waals surface area contributed by atoms with Crippen LogP contribution >= 0.6 is 11.6 Å². The largest absolute Gasteiger partial charge is 0.507 e. The molecule has 2 amide bonds. The summed E-state index contributed by atoms with van der Waals surface area (Å²) in [6.45, 7) is 3.29. The molecule has 2 aromatic rings. The number of phenols is 1. The molecule has 0 radical (unpaired) electrons. The molecular formula is C19H22ClN3O6S. The summed E-state index contributed by atoms with van der Waals surface area (Å²) in [4.78, 5) is 24.7. The molecule has 0 heterocycles. The summed E-state index contributed by atoms with van der Waals surface area (Å²) in [6.07, 6.45) is 0. The molecule has 0 unspecified atom stereocenters. The maximum atomic E-state index is 12.6. The minimum absolute atomic E-state index is 0.0466. The van der Waals surface area contributed by atoms with Crippen LogP contribution in [0.2, 0.25) is 5.02 Å². The average molecular weight is 456 g/mol. The molecule has 1 atom stereocenters. The van der Waals surface area contributed by atoms with Gasteiger partial charge in [-0.25, -0.2) is 8.42 Å². The van der Waals surface area contributed by atoms with Crippen LogP contribution in [0.15, 0.2) is 47.4 Å². The number of rotatable bonds is 7. The normalized spacial score (nSPS) is 12.3. The lowest BCUT2D eigenvalue weighted by atomic mass is 10.1. The Kier molecular flexibility index (Phi) is 7.65. The molecule has 0 aliphatic rings. The third-order valence-electron chi connectivity index (χ3n) is 4.10. The summed E-state index contributed by atoms with van der Waals surface area (Å²) in [5.41, 5.74) is 4.15. The second-order valence-corrected chi connectivity index (χ2v) is 8.77. The number of hydrazine groups is 1. The van der Waals surface area contributed by atoms with Gasteiger partial charge in [-0.15, -0.1) is 0 Å². The number of phenolic OH excluding ortho intramolecular Hbond substituents is 1. The Morgan fingerprint density at radius 2 is 1.70 bits per heavy atom. The van der Waals surface area contributed by atoms with Crippen LogP contribution in [0.25, 0.3) is 0 Å². The molecule has 0 bridgehead atoms. The van der Waals surface area contributed by atoms with E-state index in [0.29, 0.717) is 5.75 Å². The highest BCUT2D eigenvalue weighted by Gasteiger charge is 2.29. The minimum Gasteiger partial charge on any atom is -0.507 e. The number of hydrogen-bond donors (Lipinski definition) is 4. The molecule has 4 N–H and O–H groups in total. The number of amides is 2. The van der Waals surface area contributed by atoms with E-state index in [9.17, 15) is 23.1 Å². The molecule has 2 rings (SSSR count). The Bertz CT molecular complexity index is 1030. The van der Waals surface area contributed by atoms with Gasteiger partial charge < -0.3 is 9.84 Å². The average Bonchev–Trinajstić information content (AvgIpc) is 2.71. The Labute approximate surface area is 179 Å². The van der Waals surface area contributed by atoms with Gasteiger partial charge in [0.1, 0.15) is 17.5 Å². The molecule has 11 heteroatoms. The van der Waals surface area contributed by atoms with Crippen molar-refractivity contribution < 1.29 is 27.9 Å². The zero-order valence-corrected chi connectivity index (χ0v) is 18.0. The molecule has 0 aromatic heterocycles. The van der Waals surface area contributed by atoms with Gasteiger partial charge in [0.05, 0.1) is 17.6 Å². The second-order valence-electron chi connectivity index (χ2n) is 6.62. The number of hydrogen-bond acceptors (Lipinski definition) is 6. The van der Waals surface area contributed by atoms with Crippen LogP contribution in [0.1, 0.15) is 24.2 Å². The number of carbonyl (C=O) groups is 2. The third kappa shape index (κ3) is 5.85. The lowest BCUT2D eigenvalue weighted by Crippen LogP contribution is -2.54. The van der Waals surface area contributed by atoms with Gasteiger partial charge in [0.15, 0.2) is 0 Å². The van der Waals surface area contributed by atoms with E-state index in [4.69, 9.17) is 16.3 Å². The fourth-order valence-corrected chi connectivity index (χ4v) is 3.95. The van der Waals surface area contributed by atoms with Gasteiger partial charge in [0, 0.05) is 5.02 Å². The van der Waals surface area contributed by atoms with Crippen LogP contribution in [-0.4, -0.2) is 38.5 Å². The molecular weight excluding hydrogens is 434 g/mol. The van der Waals surface area contributed by atoms with Gasteiger partial charge in [-0.3, -0.25) is 20.4 Å². The van der Waals surface area contributed by atoms with E-state index in [1.807, 2.05) is 0 Å². The van der Waals surface area contributed by atoms with Crippen molar-refractivity contribution in [2.75, 3.05) is 7.11 Å². The topological polar surface area (TPSA) is 134 Å². The summed E-state index contributed by atoms with van der Waals surface area (Å²) < 4.78 is 32.6. The first kappa shape index (κ1) is 23.5. The van der Waals surface area contributed by atoms with Crippen LogP contribution in [0, 0.1) is 5.92 Å². The first-order chi connectivity index (χ1) is 14.0. The van der Waals surface area contributed by atoms with E-state index >= 15 is 0 Å². The van der Waals surface area contributed by atoms with Gasteiger partial charge in [-0.05, 0) is 48.4 Å². The van der Waals surface area contributed by atoms with Crippen molar-refractivity contribution in [1.82, 2.24) is 15.6 Å². The first-order valence-corrected chi connectivity index (χ1v) is 10.7. The zero-order valence-electron chi connectivity index (χ0n) is 16.5. The van der Waals surface area contributed by atoms with E-state index in [1.54, 1.807) is 13.8 Å². The van der Waals surface area contributed by atoms with Crippen molar-refractivity contribution in [3.8, 4) is 11.5 Å². The number of sulfonamides is 1. The fraction of sp³-hybridized carbons (Fsp3) is 0.263. The van der Waals surface area contributed by atoms with Crippen molar-refractivity contribution in [3.05, 3.63) is 53.1 Å². The second kappa shape index (κ2) is 9.79. The molecule has 30 heavy (non-hydrogen) atoms. The summed E-state index contributed by atoms with van der Waals surface area (Å²) in [6, 6.07) is 8.34. The zero-order chi connectivity index (χ0) is 22.5. The Hall–Kier alpha value is -2.82. The van der Waals surface area contributed by atoms with Crippen LogP contribution in [0.3, 0.4) is 0 Å². The maximum Gasteiger partial charge on any atom is 0.273 e. The molecule has 0 saturated heterocycles. The molecule has 0 saturated carbocycles. The molecule has 9 nitrogen and oxygen atoms in total. The Morgan fingerprint density at radius 3 is 2.27 bits per heavy atom. The van der Waals surface area contributed by atoms with Crippen LogP contribution in [0.4, 0.5) is 0 Å². The van der Waals surface area contributed by atoms with Gasteiger partial charge in [0.2, 0.25) is 10.0 Å². The van der Waals surface area contributed by atoms with E-state index in [0.717, 1.165) is 0 Å². The SMILES string of the molecule is COc1ccc(S(=O)(=O)N[C@H](C(=O)NNC(=O)c2cc(Cl)ccc2O)C(C)C)cc1. The molecule has 0 spiro atoms. The van der Waals surface area contributed by atoms with Gasteiger partial charge in [-0.1, -0.05) is 25.4 Å². The van der Waals surface area contributed by atoms with Gasteiger partial charge in [-0.2, -0.15) is 4.72 Å². The number of benzene rings is 2. The standard InChI is InChI=1S/C19H22ClN3O6S/c1-11(2)17(23-30(27,28)14-7-5-13(29-3)6-8-14)19(26)22-21-18(25)15-10-12(20)4-9-16(15)24/h4-11,17,23-24H,1-3H3,(H,21,25)(H,22,26)/t17-/m0/s1. The number of nitrogens with one attached hydrogen (secondary N) is 3.